The van der Waals surface area contributed by atoms with E-state index in [1.807, 2.05) is 33.9 Å². The fourth-order valence-electron chi connectivity index (χ4n) is 1.90. The summed E-state index contributed by atoms with van der Waals surface area (Å²) in [4.78, 5) is 23.6. The van der Waals surface area contributed by atoms with Crippen molar-refractivity contribution in [3.63, 3.8) is 0 Å². The second-order valence-corrected chi connectivity index (χ2v) is 7.93. The minimum atomic E-state index is -1.32. The second kappa shape index (κ2) is 4.18. The van der Waals surface area contributed by atoms with E-state index >= 15 is 0 Å². The highest BCUT2D eigenvalue weighted by Gasteiger charge is 2.46. The highest BCUT2D eigenvalue weighted by Crippen LogP contribution is 2.36. The Morgan fingerprint density at radius 3 is 2.13 bits per heavy atom. The Morgan fingerprint density at radius 1 is 1.27 bits per heavy atom. The smallest absolute Gasteiger partial charge is 0.172 e. The average molecular weight is 228 g/mol. The normalized spacial score (nSPS) is 27.9. The van der Waals surface area contributed by atoms with E-state index in [-0.39, 0.29) is 22.9 Å². The summed E-state index contributed by atoms with van der Waals surface area (Å²) in [5, 5.41) is 0. The van der Waals surface area contributed by atoms with Crippen LogP contribution in [0.5, 0.6) is 0 Å². The van der Waals surface area contributed by atoms with Gasteiger partial charge in [-0.05, 0) is 18.5 Å². The van der Waals surface area contributed by atoms with Crippen molar-refractivity contribution in [3.8, 4) is 0 Å². The Hall–Kier alpha value is -0.483. The van der Waals surface area contributed by atoms with Gasteiger partial charge in [-0.15, -0.1) is 0 Å². The third-order valence-corrected chi connectivity index (χ3v) is 3.57. The number of hydrogen-bond acceptors (Lipinski definition) is 3. The molecule has 1 rings (SSSR count). The molecule has 0 heterocycles. The molecule has 0 spiro atoms. The van der Waals surface area contributed by atoms with Gasteiger partial charge < -0.3 is 4.43 Å². The fraction of sp³-hybridized carbons (Fsp3) is 0.818. The van der Waals surface area contributed by atoms with E-state index in [0.29, 0.717) is 6.42 Å². The quantitative estimate of drug-likeness (QED) is 0.532. The van der Waals surface area contributed by atoms with Gasteiger partial charge in [-0.3, -0.25) is 9.59 Å². The molecule has 1 fully saturated rings. The third-order valence-electron chi connectivity index (χ3n) is 2.75. The first kappa shape index (κ1) is 12.6. The van der Waals surface area contributed by atoms with E-state index in [1.165, 1.54) is 0 Å². The van der Waals surface area contributed by atoms with Gasteiger partial charge in [0.1, 0.15) is 0 Å². The van der Waals surface area contributed by atoms with Crippen molar-refractivity contribution < 1.29 is 14.0 Å². The molecular weight excluding hydrogens is 208 g/mol. The first-order valence-electron chi connectivity index (χ1n) is 5.45. The molecule has 0 saturated heterocycles. The van der Waals surface area contributed by atoms with Crippen LogP contribution in [-0.2, 0) is 14.0 Å². The lowest BCUT2D eigenvalue weighted by atomic mass is 9.79. The van der Waals surface area contributed by atoms with Crippen molar-refractivity contribution >= 4 is 20.6 Å². The molecule has 0 aromatic rings. The van der Waals surface area contributed by atoms with Crippen LogP contribution >= 0.6 is 0 Å². The van der Waals surface area contributed by atoms with Crippen LogP contribution in [0.3, 0.4) is 0 Å². The van der Waals surface area contributed by atoms with Crippen molar-refractivity contribution in [2.24, 2.45) is 11.3 Å². The van der Waals surface area contributed by atoms with Gasteiger partial charge in [-0.25, -0.2) is 0 Å². The maximum absolute atomic E-state index is 12.0. The summed E-state index contributed by atoms with van der Waals surface area (Å²) in [7, 11) is -1.32. The van der Waals surface area contributed by atoms with Crippen LogP contribution in [0.1, 0.15) is 27.2 Å². The monoisotopic (exact) mass is 228 g/mol. The van der Waals surface area contributed by atoms with Gasteiger partial charge in [-0.1, -0.05) is 20.8 Å². The molecule has 2 atom stereocenters. The van der Waals surface area contributed by atoms with Gasteiger partial charge >= 0.3 is 0 Å². The minimum absolute atomic E-state index is 0.00583. The Morgan fingerprint density at radius 2 is 1.80 bits per heavy atom. The highest BCUT2D eigenvalue weighted by atomic mass is 28.3. The first-order valence-corrected chi connectivity index (χ1v) is 8.23. The number of carbonyl (C=O) groups excluding carboxylic acids is 2. The van der Waals surface area contributed by atoms with Crippen molar-refractivity contribution in [1.29, 1.82) is 0 Å². The number of rotatable bonds is 2. The molecule has 0 aliphatic heterocycles. The Kier molecular flexibility index (Phi) is 3.50. The van der Waals surface area contributed by atoms with Crippen molar-refractivity contribution in [3.05, 3.63) is 0 Å². The number of Topliss-reactive ketones (excluding diaryl/α,β-unsaturated/α-hetero) is 2. The van der Waals surface area contributed by atoms with E-state index in [0.717, 1.165) is 0 Å². The maximum atomic E-state index is 12.0. The predicted molar refractivity (Wildman–Crippen MR) is 61.3 cm³/mol. The molecule has 0 radical (unpaired) electrons. The van der Waals surface area contributed by atoms with Crippen LogP contribution in [0, 0.1) is 11.3 Å². The molecule has 86 valence electrons. The van der Waals surface area contributed by atoms with E-state index in [4.69, 9.17) is 4.43 Å². The lowest BCUT2D eigenvalue weighted by molar-refractivity contribution is -0.133. The molecule has 0 amide bonds. The van der Waals surface area contributed by atoms with E-state index in [2.05, 4.69) is 0 Å². The topological polar surface area (TPSA) is 43.4 Å². The summed E-state index contributed by atoms with van der Waals surface area (Å²) in [6.07, 6.45) is -0.394. The van der Waals surface area contributed by atoms with Crippen molar-refractivity contribution in [1.82, 2.24) is 0 Å². The molecule has 1 saturated carbocycles. The van der Waals surface area contributed by atoms with Crippen molar-refractivity contribution in [2.75, 3.05) is 0 Å². The van der Waals surface area contributed by atoms with Gasteiger partial charge in [0, 0.05) is 12.3 Å². The maximum Gasteiger partial charge on any atom is 0.172 e. The fourth-order valence-corrected chi connectivity index (χ4v) is 2.73. The number of ketones is 2. The SMILES string of the molecule is C[SiH](C)OC1C(=O)CC(C(C)(C)C)C1=O. The lowest BCUT2D eigenvalue weighted by Crippen LogP contribution is -2.34. The van der Waals surface area contributed by atoms with Crippen LogP contribution in [0.25, 0.3) is 0 Å². The summed E-state index contributed by atoms with van der Waals surface area (Å²) >= 11 is 0. The Bertz CT molecular complexity index is 278. The zero-order chi connectivity index (χ0) is 11.8. The molecule has 0 N–H and O–H groups in total. The molecule has 3 nitrogen and oxygen atoms in total. The van der Waals surface area contributed by atoms with Crippen LogP contribution in [0.2, 0.25) is 13.1 Å². The zero-order valence-corrected chi connectivity index (χ0v) is 11.3. The molecule has 0 aromatic heterocycles. The summed E-state index contributed by atoms with van der Waals surface area (Å²) in [5.74, 6) is -0.197. The number of carbonyl (C=O) groups is 2. The van der Waals surface area contributed by atoms with Crippen LogP contribution in [0.4, 0.5) is 0 Å². The van der Waals surface area contributed by atoms with Crippen LogP contribution in [-0.4, -0.2) is 26.7 Å². The summed E-state index contributed by atoms with van der Waals surface area (Å²) < 4.78 is 5.50. The molecule has 1 aliphatic rings. The van der Waals surface area contributed by atoms with E-state index in [1.54, 1.807) is 0 Å². The van der Waals surface area contributed by atoms with Crippen LogP contribution in [0.15, 0.2) is 0 Å². The molecule has 4 heteroatoms. The minimum Gasteiger partial charge on any atom is -0.405 e. The second-order valence-electron chi connectivity index (χ2n) is 5.56. The van der Waals surface area contributed by atoms with Gasteiger partial charge in [-0.2, -0.15) is 0 Å². The summed E-state index contributed by atoms with van der Waals surface area (Å²) in [6.45, 7) is 9.95. The van der Waals surface area contributed by atoms with Crippen molar-refractivity contribution in [2.45, 2.75) is 46.4 Å². The Labute approximate surface area is 92.9 Å². The first-order chi connectivity index (χ1) is 6.73. The van der Waals surface area contributed by atoms with Crippen LogP contribution < -0.4 is 0 Å². The van der Waals surface area contributed by atoms with E-state index < -0.39 is 15.1 Å². The molecule has 1 aliphatic carbocycles. The zero-order valence-electron chi connectivity index (χ0n) is 10.2. The molecule has 0 bridgehead atoms. The molecular formula is C11H20O3Si. The highest BCUT2D eigenvalue weighted by molar-refractivity contribution is 6.49. The van der Waals surface area contributed by atoms with Gasteiger partial charge in [0.25, 0.3) is 0 Å². The van der Waals surface area contributed by atoms with Gasteiger partial charge in [0.15, 0.2) is 26.7 Å². The third kappa shape index (κ3) is 2.75. The average Bonchev–Trinajstić information content (AvgIpc) is 2.30. The van der Waals surface area contributed by atoms with Gasteiger partial charge in [0.05, 0.1) is 0 Å². The summed E-state index contributed by atoms with van der Waals surface area (Å²) in [6, 6.07) is 0. The summed E-state index contributed by atoms with van der Waals surface area (Å²) in [5.41, 5.74) is -0.136. The lowest BCUT2D eigenvalue weighted by Gasteiger charge is -2.25. The van der Waals surface area contributed by atoms with Gasteiger partial charge in [0.2, 0.25) is 0 Å². The molecule has 2 unspecified atom stereocenters. The predicted octanol–water partition coefficient (Wildman–Crippen LogP) is 1.56. The molecule has 0 aromatic carbocycles. The number of hydrogen-bond donors (Lipinski definition) is 0. The largest absolute Gasteiger partial charge is 0.405 e. The van der Waals surface area contributed by atoms with E-state index in [9.17, 15) is 9.59 Å². The standard InChI is InChI=1S/C11H20O3Si/c1-11(2,3)7-6-8(12)10(9(7)13)14-15(4)5/h7,10,15H,6H2,1-5H3. The molecule has 15 heavy (non-hydrogen) atoms. The Balaban J connectivity index is 2.80.